The number of primary amides is 1. The van der Waals surface area contributed by atoms with Gasteiger partial charge in [-0.3, -0.25) is 9.59 Å². The van der Waals surface area contributed by atoms with Gasteiger partial charge in [0.25, 0.3) is 5.91 Å². The molecule has 0 aromatic heterocycles. The first-order valence-electron chi connectivity index (χ1n) is 4.81. The number of nitrogen functional groups attached to an aromatic ring is 1. The summed E-state index contributed by atoms with van der Waals surface area (Å²) < 4.78 is 0. The number of hydrogen-bond donors (Lipinski definition) is 3. The van der Waals surface area contributed by atoms with Crippen LogP contribution in [0.2, 0.25) is 0 Å². The number of anilines is 1. The lowest BCUT2D eigenvalue weighted by Crippen LogP contribution is -2.53. The molecule has 0 atom stereocenters. The van der Waals surface area contributed by atoms with Crippen molar-refractivity contribution in [1.29, 1.82) is 0 Å². The fraction of sp³-hybridized carbons (Fsp3) is 0.273. The Balaban J connectivity index is 0.00000256. The lowest BCUT2D eigenvalue weighted by molar-refractivity contribution is -0.122. The molecule has 94 valence electrons. The van der Waals surface area contributed by atoms with Crippen LogP contribution in [0.25, 0.3) is 0 Å². The normalized spacial score (nSPS) is 10.2. The van der Waals surface area contributed by atoms with Gasteiger partial charge in [0.05, 0.1) is 0 Å². The number of halogens is 1. The van der Waals surface area contributed by atoms with Crippen LogP contribution in [0.1, 0.15) is 24.2 Å². The van der Waals surface area contributed by atoms with Crippen molar-refractivity contribution in [3.63, 3.8) is 0 Å². The Morgan fingerprint density at radius 3 is 2.35 bits per heavy atom. The highest BCUT2D eigenvalue weighted by Crippen LogP contribution is 2.08. The van der Waals surface area contributed by atoms with E-state index in [-0.39, 0.29) is 18.3 Å². The Hall–Kier alpha value is -1.75. The number of carbonyl (C=O) groups is 2. The van der Waals surface area contributed by atoms with E-state index < -0.39 is 11.4 Å². The number of hydrogen-bond acceptors (Lipinski definition) is 3. The highest BCUT2D eigenvalue weighted by Gasteiger charge is 2.27. The molecule has 0 saturated carbocycles. The van der Waals surface area contributed by atoms with Gasteiger partial charge in [-0.1, -0.05) is 6.07 Å². The summed E-state index contributed by atoms with van der Waals surface area (Å²) in [5.74, 6) is -0.971. The van der Waals surface area contributed by atoms with Gasteiger partial charge in [0.15, 0.2) is 0 Å². The maximum atomic E-state index is 11.7. The molecule has 0 aliphatic rings. The second kappa shape index (κ2) is 5.54. The Morgan fingerprint density at radius 1 is 1.29 bits per heavy atom. The van der Waals surface area contributed by atoms with Gasteiger partial charge < -0.3 is 16.8 Å². The van der Waals surface area contributed by atoms with Crippen LogP contribution in [-0.2, 0) is 4.79 Å². The maximum Gasteiger partial charge on any atom is 0.252 e. The zero-order chi connectivity index (χ0) is 12.3. The summed E-state index contributed by atoms with van der Waals surface area (Å²) >= 11 is 0. The van der Waals surface area contributed by atoms with Gasteiger partial charge in [0.1, 0.15) is 5.54 Å². The molecule has 0 aliphatic heterocycles. The van der Waals surface area contributed by atoms with Crippen LogP contribution < -0.4 is 16.8 Å². The summed E-state index contributed by atoms with van der Waals surface area (Å²) in [5, 5.41) is 2.53. The van der Waals surface area contributed by atoms with E-state index in [1.807, 2.05) is 0 Å². The van der Waals surface area contributed by atoms with Crippen molar-refractivity contribution in [2.24, 2.45) is 5.73 Å². The minimum atomic E-state index is -1.08. The van der Waals surface area contributed by atoms with Gasteiger partial charge in [-0.05, 0) is 32.0 Å². The zero-order valence-corrected chi connectivity index (χ0v) is 10.5. The summed E-state index contributed by atoms with van der Waals surface area (Å²) in [5.41, 5.74) is 10.5. The Labute approximate surface area is 106 Å². The van der Waals surface area contributed by atoms with Crippen LogP contribution in [0, 0.1) is 0 Å². The third-order valence-electron chi connectivity index (χ3n) is 2.19. The minimum absolute atomic E-state index is 0. The summed E-state index contributed by atoms with van der Waals surface area (Å²) in [6, 6.07) is 6.49. The number of nitrogens with two attached hydrogens (primary N) is 2. The van der Waals surface area contributed by atoms with E-state index in [1.54, 1.807) is 32.0 Å². The number of amides is 2. The van der Waals surface area contributed by atoms with E-state index >= 15 is 0 Å². The second-order valence-electron chi connectivity index (χ2n) is 4.07. The number of carbonyl (C=O) groups excluding carboxylic acids is 2. The predicted octanol–water partition coefficient (Wildman–Crippen LogP) is 0.684. The molecule has 2 amide bonds. The van der Waals surface area contributed by atoms with Crippen molar-refractivity contribution in [2.45, 2.75) is 19.4 Å². The van der Waals surface area contributed by atoms with E-state index in [1.165, 1.54) is 6.07 Å². The smallest absolute Gasteiger partial charge is 0.252 e. The molecule has 0 unspecified atom stereocenters. The first-order chi connectivity index (χ1) is 7.33. The molecule has 1 rings (SSSR count). The van der Waals surface area contributed by atoms with Crippen molar-refractivity contribution in [3.8, 4) is 0 Å². The number of nitrogens with one attached hydrogen (secondary N) is 1. The third kappa shape index (κ3) is 3.96. The fourth-order valence-corrected chi connectivity index (χ4v) is 1.10. The standard InChI is InChI=1S/C11H15N3O2.ClH/c1-11(2,10(13)16)14-9(15)7-4-3-5-8(12)6-7;/h3-6H,12H2,1-2H3,(H2,13,16)(H,14,15);1H. The average molecular weight is 258 g/mol. The molecule has 0 fully saturated rings. The van der Waals surface area contributed by atoms with Gasteiger partial charge in [0.2, 0.25) is 5.91 Å². The molecule has 1 aromatic rings. The van der Waals surface area contributed by atoms with Crippen molar-refractivity contribution in [2.75, 3.05) is 5.73 Å². The highest BCUT2D eigenvalue weighted by atomic mass is 35.5. The average Bonchev–Trinajstić information content (AvgIpc) is 2.16. The molecule has 5 N–H and O–H groups in total. The van der Waals surface area contributed by atoms with Gasteiger partial charge >= 0.3 is 0 Å². The Bertz CT molecular complexity index is 432. The van der Waals surface area contributed by atoms with Crippen LogP contribution in [-0.4, -0.2) is 17.4 Å². The lowest BCUT2D eigenvalue weighted by atomic mass is 10.0. The molecular formula is C11H16ClN3O2. The summed E-state index contributed by atoms with van der Waals surface area (Å²) in [6.45, 7) is 3.08. The first kappa shape index (κ1) is 15.2. The van der Waals surface area contributed by atoms with E-state index in [4.69, 9.17) is 11.5 Å². The minimum Gasteiger partial charge on any atom is -0.399 e. The molecule has 0 saturated heterocycles. The molecule has 0 spiro atoms. The summed E-state index contributed by atoms with van der Waals surface area (Å²) in [6.07, 6.45) is 0. The van der Waals surface area contributed by atoms with Crippen LogP contribution in [0.15, 0.2) is 24.3 Å². The molecule has 0 radical (unpaired) electrons. The van der Waals surface area contributed by atoms with Crippen molar-refractivity contribution >= 4 is 29.9 Å². The molecule has 6 heteroatoms. The molecule has 0 heterocycles. The maximum absolute atomic E-state index is 11.7. The largest absolute Gasteiger partial charge is 0.399 e. The van der Waals surface area contributed by atoms with Gasteiger partial charge in [-0.25, -0.2) is 0 Å². The van der Waals surface area contributed by atoms with Gasteiger partial charge in [0, 0.05) is 11.3 Å². The topological polar surface area (TPSA) is 98.2 Å². The zero-order valence-electron chi connectivity index (χ0n) is 9.69. The number of benzene rings is 1. The summed E-state index contributed by atoms with van der Waals surface area (Å²) in [7, 11) is 0. The monoisotopic (exact) mass is 257 g/mol. The van der Waals surface area contributed by atoms with Crippen LogP contribution in [0.5, 0.6) is 0 Å². The first-order valence-corrected chi connectivity index (χ1v) is 4.81. The van der Waals surface area contributed by atoms with E-state index in [2.05, 4.69) is 5.32 Å². The van der Waals surface area contributed by atoms with Crippen LogP contribution in [0.3, 0.4) is 0 Å². The molecular weight excluding hydrogens is 242 g/mol. The highest BCUT2D eigenvalue weighted by molar-refractivity contribution is 5.99. The van der Waals surface area contributed by atoms with Crippen molar-refractivity contribution in [1.82, 2.24) is 5.32 Å². The molecule has 0 bridgehead atoms. The predicted molar refractivity (Wildman–Crippen MR) is 68.8 cm³/mol. The third-order valence-corrected chi connectivity index (χ3v) is 2.19. The molecule has 1 aromatic carbocycles. The van der Waals surface area contributed by atoms with E-state index in [0.717, 1.165) is 0 Å². The van der Waals surface area contributed by atoms with E-state index in [0.29, 0.717) is 11.3 Å². The Kier molecular flexibility index (Phi) is 4.97. The Morgan fingerprint density at radius 2 is 1.88 bits per heavy atom. The SMILES string of the molecule is CC(C)(NC(=O)c1cccc(N)c1)C(N)=O.Cl. The van der Waals surface area contributed by atoms with Crippen molar-refractivity contribution in [3.05, 3.63) is 29.8 Å². The molecule has 5 nitrogen and oxygen atoms in total. The van der Waals surface area contributed by atoms with Crippen LogP contribution >= 0.6 is 12.4 Å². The van der Waals surface area contributed by atoms with Crippen molar-refractivity contribution < 1.29 is 9.59 Å². The van der Waals surface area contributed by atoms with Crippen LogP contribution in [0.4, 0.5) is 5.69 Å². The quantitative estimate of drug-likeness (QED) is 0.695. The second-order valence-corrected chi connectivity index (χ2v) is 4.07. The van der Waals surface area contributed by atoms with Gasteiger partial charge in [-0.15, -0.1) is 12.4 Å². The van der Waals surface area contributed by atoms with Gasteiger partial charge in [-0.2, -0.15) is 0 Å². The summed E-state index contributed by atoms with van der Waals surface area (Å²) in [4.78, 5) is 22.8. The number of rotatable bonds is 3. The molecule has 17 heavy (non-hydrogen) atoms. The molecule has 0 aliphatic carbocycles. The lowest BCUT2D eigenvalue weighted by Gasteiger charge is -2.22. The fourth-order valence-electron chi connectivity index (χ4n) is 1.10. The van der Waals surface area contributed by atoms with E-state index in [9.17, 15) is 9.59 Å².